The van der Waals surface area contributed by atoms with Crippen LogP contribution in [0.5, 0.6) is 11.5 Å². The Morgan fingerprint density at radius 3 is 2.68 bits per heavy atom. The van der Waals surface area contributed by atoms with Crippen molar-refractivity contribution in [1.29, 1.82) is 0 Å². The zero-order chi connectivity index (χ0) is 17.6. The topological polar surface area (TPSA) is 60.4 Å². The molecule has 1 heterocycles. The number of benzene rings is 2. The van der Waals surface area contributed by atoms with Crippen LogP contribution in [0.4, 0.5) is 0 Å². The molecule has 0 saturated carbocycles. The van der Waals surface area contributed by atoms with Gasteiger partial charge in [-0.3, -0.25) is 4.79 Å². The first-order chi connectivity index (χ1) is 12.2. The second-order valence-electron chi connectivity index (χ2n) is 5.55. The van der Waals surface area contributed by atoms with Gasteiger partial charge in [0.05, 0.1) is 6.21 Å². The number of fused-ring (bicyclic) bond motifs is 1. The van der Waals surface area contributed by atoms with Crippen LogP contribution in [0, 0.1) is 0 Å². The van der Waals surface area contributed by atoms with Gasteiger partial charge in [-0.1, -0.05) is 23.4 Å². The lowest BCUT2D eigenvalue weighted by atomic mass is 10.1. The number of oxime groups is 1. The maximum absolute atomic E-state index is 12.8. The molecule has 0 saturated heterocycles. The highest BCUT2D eigenvalue weighted by Gasteiger charge is 2.17. The third-order valence-electron chi connectivity index (χ3n) is 3.94. The minimum absolute atomic E-state index is 0.0182. The summed E-state index contributed by atoms with van der Waals surface area (Å²) in [6.45, 7) is 3.33. The average molecular weight is 340 g/mol. The molecule has 0 aromatic heterocycles. The van der Waals surface area contributed by atoms with E-state index in [1.54, 1.807) is 23.2 Å². The summed E-state index contributed by atoms with van der Waals surface area (Å²) in [4.78, 5) is 19.2. The normalized spacial score (nSPS) is 12.4. The van der Waals surface area contributed by atoms with Gasteiger partial charge in [0.1, 0.15) is 7.11 Å². The first kappa shape index (κ1) is 16.8. The maximum Gasteiger partial charge on any atom is 0.254 e. The van der Waals surface area contributed by atoms with Gasteiger partial charge in [0.25, 0.3) is 5.91 Å². The predicted molar refractivity (Wildman–Crippen MR) is 94.0 cm³/mol. The SMILES string of the molecule is CCN(Cc1ccc2c(c1)OCO2)C(=O)c1ccc(/C=N/OC)cc1. The summed E-state index contributed by atoms with van der Waals surface area (Å²) in [5.41, 5.74) is 2.51. The predicted octanol–water partition coefficient (Wildman–Crippen LogP) is 3.06. The number of carbonyl (C=O) groups excluding carboxylic acids is 1. The van der Waals surface area contributed by atoms with E-state index in [4.69, 9.17) is 9.47 Å². The van der Waals surface area contributed by atoms with Crippen molar-refractivity contribution in [3.8, 4) is 11.5 Å². The second-order valence-corrected chi connectivity index (χ2v) is 5.55. The summed E-state index contributed by atoms with van der Waals surface area (Å²) in [7, 11) is 1.49. The van der Waals surface area contributed by atoms with Gasteiger partial charge < -0.3 is 19.2 Å². The number of amides is 1. The van der Waals surface area contributed by atoms with Crippen LogP contribution in [0.2, 0.25) is 0 Å². The lowest BCUT2D eigenvalue weighted by molar-refractivity contribution is 0.0752. The standard InChI is InChI=1S/C19H20N2O4/c1-3-21(12-15-6-9-17-18(10-15)25-13-24-17)19(22)16-7-4-14(5-8-16)11-20-23-2/h4-11H,3,12-13H2,1-2H3/b20-11+. The smallest absolute Gasteiger partial charge is 0.254 e. The van der Waals surface area contributed by atoms with E-state index in [2.05, 4.69) is 9.99 Å². The number of nitrogens with zero attached hydrogens (tertiary/aromatic N) is 2. The van der Waals surface area contributed by atoms with E-state index < -0.39 is 0 Å². The molecule has 130 valence electrons. The van der Waals surface area contributed by atoms with E-state index in [9.17, 15) is 4.79 Å². The van der Waals surface area contributed by atoms with E-state index >= 15 is 0 Å². The van der Waals surface area contributed by atoms with Gasteiger partial charge >= 0.3 is 0 Å². The van der Waals surface area contributed by atoms with Gasteiger partial charge in [0.2, 0.25) is 6.79 Å². The molecule has 1 amide bonds. The summed E-state index contributed by atoms with van der Waals surface area (Å²) in [6, 6.07) is 13.0. The lowest BCUT2D eigenvalue weighted by Crippen LogP contribution is -2.30. The molecular formula is C19H20N2O4. The lowest BCUT2D eigenvalue weighted by Gasteiger charge is -2.21. The molecule has 1 aliphatic heterocycles. The fourth-order valence-electron chi connectivity index (χ4n) is 2.59. The summed E-state index contributed by atoms with van der Waals surface area (Å²) >= 11 is 0. The number of ether oxygens (including phenoxy) is 2. The van der Waals surface area contributed by atoms with Crippen molar-refractivity contribution in [2.45, 2.75) is 13.5 Å². The van der Waals surface area contributed by atoms with Crippen molar-refractivity contribution in [3.63, 3.8) is 0 Å². The van der Waals surface area contributed by atoms with Crippen molar-refractivity contribution in [2.75, 3.05) is 20.4 Å². The van der Waals surface area contributed by atoms with Crippen molar-refractivity contribution in [1.82, 2.24) is 4.90 Å². The van der Waals surface area contributed by atoms with Crippen molar-refractivity contribution >= 4 is 12.1 Å². The van der Waals surface area contributed by atoms with Crippen molar-refractivity contribution in [2.24, 2.45) is 5.16 Å². The Kier molecular flexibility index (Phi) is 5.18. The molecule has 0 atom stereocenters. The molecular weight excluding hydrogens is 320 g/mol. The van der Waals surface area contributed by atoms with E-state index in [-0.39, 0.29) is 12.7 Å². The largest absolute Gasteiger partial charge is 0.454 e. The highest BCUT2D eigenvalue weighted by molar-refractivity contribution is 5.95. The number of rotatable bonds is 6. The van der Waals surface area contributed by atoms with E-state index in [1.165, 1.54) is 7.11 Å². The molecule has 2 aromatic rings. The van der Waals surface area contributed by atoms with Gasteiger partial charge in [-0.2, -0.15) is 0 Å². The number of hydrogen-bond acceptors (Lipinski definition) is 5. The summed E-state index contributed by atoms with van der Waals surface area (Å²) in [6.07, 6.45) is 1.60. The highest BCUT2D eigenvalue weighted by Crippen LogP contribution is 2.32. The Morgan fingerprint density at radius 2 is 1.96 bits per heavy atom. The van der Waals surface area contributed by atoms with Crippen LogP contribution >= 0.6 is 0 Å². The minimum Gasteiger partial charge on any atom is -0.454 e. The van der Waals surface area contributed by atoms with E-state index in [0.29, 0.717) is 18.7 Å². The van der Waals surface area contributed by atoms with Gasteiger partial charge in [0.15, 0.2) is 11.5 Å². The monoisotopic (exact) mass is 340 g/mol. The summed E-state index contributed by atoms with van der Waals surface area (Å²) < 4.78 is 10.7. The maximum atomic E-state index is 12.8. The van der Waals surface area contributed by atoms with Crippen LogP contribution in [-0.2, 0) is 11.4 Å². The number of hydrogen-bond donors (Lipinski definition) is 0. The van der Waals surface area contributed by atoms with Crippen molar-refractivity contribution in [3.05, 3.63) is 59.2 Å². The number of carbonyl (C=O) groups is 1. The molecule has 0 N–H and O–H groups in total. The summed E-state index contributed by atoms with van der Waals surface area (Å²) in [5, 5.41) is 3.71. The zero-order valence-corrected chi connectivity index (χ0v) is 14.3. The molecule has 2 aromatic carbocycles. The van der Waals surface area contributed by atoms with Crippen LogP contribution in [0.15, 0.2) is 47.6 Å². The molecule has 6 nitrogen and oxygen atoms in total. The van der Waals surface area contributed by atoms with Crippen LogP contribution in [-0.4, -0.2) is 37.5 Å². The Balaban J connectivity index is 1.71. The quantitative estimate of drug-likeness (QED) is 0.599. The molecule has 0 unspecified atom stereocenters. The van der Waals surface area contributed by atoms with Crippen LogP contribution in [0.25, 0.3) is 0 Å². The van der Waals surface area contributed by atoms with Crippen LogP contribution in [0.3, 0.4) is 0 Å². The molecule has 0 fully saturated rings. The van der Waals surface area contributed by atoms with E-state index in [1.807, 2.05) is 37.3 Å². The Labute approximate surface area is 146 Å². The molecule has 0 radical (unpaired) electrons. The molecule has 0 spiro atoms. The summed E-state index contributed by atoms with van der Waals surface area (Å²) in [5.74, 6) is 1.45. The van der Waals surface area contributed by atoms with Gasteiger partial charge in [-0.05, 0) is 42.3 Å². The van der Waals surface area contributed by atoms with Gasteiger partial charge in [-0.15, -0.1) is 0 Å². The fourth-order valence-corrected chi connectivity index (χ4v) is 2.59. The molecule has 6 heteroatoms. The first-order valence-corrected chi connectivity index (χ1v) is 8.05. The Morgan fingerprint density at radius 1 is 1.20 bits per heavy atom. The molecule has 1 aliphatic rings. The third kappa shape index (κ3) is 3.91. The molecule has 3 rings (SSSR count). The Bertz CT molecular complexity index is 771. The van der Waals surface area contributed by atoms with Gasteiger partial charge in [0, 0.05) is 18.7 Å². The first-order valence-electron chi connectivity index (χ1n) is 8.05. The third-order valence-corrected chi connectivity index (χ3v) is 3.94. The van der Waals surface area contributed by atoms with Crippen molar-refractivity contribution < 1.29 is 19.1 Å². The minimum atomic E-state index is -0.0182. The molecule has 0 bridgehead atoms. The van der Waals surface area contributed by atoms with Crippen LogP contribution < -0.4 is 9.47 Å². The average Bonchev–Trinajstić information content (AvgIpc) is 3.12. The van der Waals surface area contributed by atoms with Crippen LogP contribution in [0.1, 0.15) is 28.4 Å². The zero-order valence-electron chi connectivity index (χ0n) is 14.3. The molecule has 25 heavy (non-hydrogen) atoms. The fraction of sp³-hybridized carbons (Fsp3) is 0.263. The molecule has 0 aliphatic carbocycles. The Hall–Kier alpha value is -3.02. The highest BCUT2D eigenvalue weighted by atomic mass is 16.7. The van der Waals surface area contributed by atoms with E-state index in [0.717, 1.165) is 22.6 Å². The second kappa shape index (κ2) is 7.70. The van der Waals surface area contributed by atoms with Gasteiger partial charge in [-0.25, -0.2) is 0 Å².